The van der Waals surface area contributed by atoms with Gasteiger partial charge in [0.1, 0.15) is 0 Å². The Hall–Kier alpha value is -1.06. The van der Waals surface area contributed by atoms with Crippen molar-refractivity contribution in [2.75, 3.05) is 6.61 Å². The Labute approximate surface area is 58.8 Å². The van der Waals surface area contributed by atoms with Crippen LogP contribution in [-0.4, -0.2) is 18.5 Å². The first-order chi connectivity index (χ1) is 4.66. The smallest absolute Gasteiger partial charge is 0.306 e. The maximum Gasteiger partial charge on any atom is 0.306 e. The predicted molar refractivity (Wildman–Crippen MR) is 30.9 cm³/mol. The maximum absolute atomic E-state index is 10.4. The van der Waals surface area contributed by atoms with Gasteiger partial charge in [0.2, 0.25) is 0 Å². The number of carbonyl (C=O) groups is 2. The topological polar surface area (TPSA) is 66.4 Å². The number of carboxylic acids is 1. The molecule has 4 heteroatoms. The van der Waals surface area contributed by atoms with Gasteiger partial charge in [-0.2, -0.15) is 0 Å². The van der Waals surface area contributed by atoms with Crippen LogP contribution in [-0.2, 0) is 14.3 Å². The summed E-state index contributed by atoms with van der Waals surface area (Å²) in [6.07, 6.45) is -0.366. The molecule has 10 heavy (non-hydrogen) atoms. The van der Waals surface area contributed by atoms with E-state index in [1.165, 1.54) is 0 Å². The number of hydrogen-bond acceptors (Lipinski definition) is 4. The molecule has 0 rings (SSSR count). The summed E-state index contributed by atoms with van der Waals surface area (Å²) in [5, 5.41) is 9.79. The molecule has 0 aromatic rings. The zero-order valence-corrected chi connectivity index (χ0v) is 5.75. The van der Waals surface area contributed by atoms with Gasteiger partial charge in [0, 0.05) is 5.97 Å². The monoisotopic (exact) mass is 145 g/mol. The van der Waals surface area contributed by atoms with Crippen molar-refractivity contribution in [3.05, 3.63) is 0 Å². The second-order valence-corrected chi connectivity index (χ2v) is 1.68. The normalized spacial score (nSPS) is 8.90. The van der Waals surface area contributed by atoms with Crippen LogP contribution in [0.15, 0.2) is 0 Å². The number of carbonyl (C=O) groups excluding carboxylic acids is 2. The Morgan fingerprint density at radius 1 is 1.40 bits per heavy atom. The van der Waals surface area contributed by atoms with E-state index in [0.717, 1.165) is 0 Å². The largest absolute Gasteiger partial charge is 0.550 e. The lowest BCUT2D eigenvalue weighted by molar-refractivity contribution is -0.305. The standard InChI is InChI=1S/C6H10O4/c1-2-10-6(9)4-3-5(7)8/h2-4H2,1H3,(H,7,8)/p-1. The summed E-state index contributed by atoms with van der Waals surface area (Å²) >= 11 is 0. The zero-order valence-electron chi connectivity index (χ0n) is 5.75. The second kappa shape index (κ2) is 4.78. The van der Waals surface area contributed by atoms with E-state index in [1.807, 2.05) is 0 Å². The summed E-state index contributed by atoms with van der Waals surface area (Å²) < 4.78 is 4.46. The van der Waals surface area contributed by atoms with Crippen LogP contribution >= 0.6 is 0 Å². The molecular weight excluding hydrogens is 136 g/mol. The lowest BCUT2D eigenvalue weighted by atomic mass is 10.3. The van der Waals surface area contributed by atoms with Gasteiger partial charge in [0.05, 0.1) is 13.0 Å². The molecule has 0 N–H and O–H groups in total. The molecule has 0 aromatic heterocycles. The SMILES string of the molecule is CCOC(=O)CCC(=O)[O-]. The highest BCUT2D eigenvalue weighted by Crippen LogP contribution is 1.90. The van der Waals surface area contributed by atoms with Gasteiger partial charge in [0.15, 0.2) is 0 Å². The van der Waals surface area contributed by atoms with Gasteiger partial charge in [-0.05, 0) is 13.3 Å². The van der Waals surface area contributed by atoms with Crippen LogP contribution in [0.25, 0.3) is 0 Å². The van der Waals surface area contributed by atoms with Crippen LogP contribution in [0.2, 0.25) is 0 Å². The Balaban J connectivity index is 3.30. The molecule has 0 spiro atoms. The molecule has 0 bridgehead atoms. The van der Waals surface area contributed by atoms with Gasteiger partial charge in [-0.15, -0.1) is 0 Å². The van der Waals surface area contributed by atoms with Crippen molar-refractivity contribution < 1.29 is 19.4 Å². The molecule has 4 nitrogen and oxygen atoms in total. The summed E-state index contributed by atoms with van der Waals surface area (Å²) in [7, 11) is 0. The molecule has 0 aliphatic heterocycles. The molecule has 0 saturated carbocycles. The minimum atomic E-state index is -1.23. The second-order valence-electron chi connectivity index (χ2n) is 1.68. The van der Waals surface area contributed by atoms with E-state index in [1.54, 1.807) is 6.92 Å². The number of aliphatic carboxylic acids is 1. The van der Waals surface area contributed by atoms with Crippen LogP contribution in [0.3, 0.4) is 0 Å². The fraction of sp³-hybridized carbons (Fsp3) is 0.667. The van der Waals surface area contributed by atoms with Gasteiger partial charge in [-0.1, -0.05) is 0 Å². The molecule has 0 atom stereocenters. The maximum atomic E-state index is 10.4. The number of carboxylic acid groups (broad SMARTS) is 1. The van der Waals surface area contributed by atoms with Crippen molar-refractivity contribution in [2.45, 2.75) is 19.8 Å². The zero-order chi connectivity index (χ0) is 7.98. The predicted octanol–water partition coefficient (Wildman–Crippen LogP) is -0.920. The molecule has 0 saturated heterocycles. The Morgan fingerprint density at radius 2 is 2.00 bits per heavy atom. The quantitative estimate of drug-likeness (QED) is 0.480. The van der Waals surface area contributed by atoms with Crippen molar-refractivity contribution >= 4 is 11.9 Å². The Kier molecular flexibility index (Phi) is 4.28. The van der Waals surface area contributed by atoms with Crippen molar-refractivity contribution in [1.29, 1.82) is 0 Å². The number of ether oxygens (including phenoxy) is 1. The van der Waals surface area contributed by atoms with Crippen LogP contribution in [0.1, 0.15) is 19.8 Å². The third kappa shape index (κ3) is 5.08. The van der Waals surface area contributed by atoms with Crippen molar-refractivity contribution in [2.24, 2.45) is 0 Å². The van der Waals surface area contributed by atoms with E-state index in [0.29, 0.717) is 0 Å². The first kappa shape index (κ1) is 8.94. The Bertz CT molecular complexity index is 130. The number of hydrogen-bond donors (Lipinski definition) is 0. The van der Waals surface area contributed by atoms with Gasteiger partial charge < -0.3 is 14.6 Å². The van der Waals surface area contributed by atoms with Gasteiger partial charge in [-0.3, -0.25) is 4.79 Å². The fourth-order valence-corrected chi connectivity index (χ4v) is 0.437. The van der Waals surface area contributed by atoms with Gasteiger partial charge in [-0.25, -0.2) is 0 Å². The van der Waals surface area contributed by atoms with E-state index < -0.39 is 11.9 Å². The molecule has 58 valence electrons. The van der Waals surface area contributed by atoms with Crippen molar-refractivity contribution in [3.63, 3.8) is 0 Å². The average Bonchev–Trinajstić information content (AvgIpc) is 1.85. The summed E-state index contributed by atoms with van der Waals surface area (Å²) in [5.41, 5.74) is 0. The lowest BCUT2D eigenvalue weighted by Crippen LogP contribution is -2.23. The molecule has 0 amide bonds. The number of esters is 1. The van der Waals surface area contributed by atoms with E-state index in [-0.39, 0.29) is 19.4 Å². The first-order valence-electron chi connectivity index (χ1n) is 3.02. The first-order valence-corrected chi connectivity index (χ1v) is 3.02. The molecular formula is C6H9O4-. The van der Waals surface area contributed by atoms with E-state index in [9.17, 15) is 14.7 Å². The van der Waals surface area contributed by atoms with Crippen LogP contribution in [0, 0.1) is 0 Å². The van der Waals surface area contributed by atoms with E-state index in [4.69, 9.17) is 0 Å². The molecule has 0 aliphatic rings. The fourth-order valence-electron chi connectivity index (χ4n) is 0.437. The average molecular weight is 145 g/mol. The van der Waals surface area contributed by atoms with E-state index >= 15 is 0 Å². The molecule has 0 fully saturated rings. The van der Waals surface area contributed by atoms with Gasteiger partial charge >= 0.3 is 5.97 Å². The summed E-state index contributed by atoms with van der Waals surface area (Å²) in [6, 6.07) is 0. The van der Waals surface area contributed by atoms with Gasteiger partial charge in [0.25, 0.3) is 0 Å². The summed E-state index contributed by atoms with van der Waals surface area (Å²) in [5.74, 6) is -1.72. The lowest BCUT2D eigenvalue weighted by Gasteiger charge is -2.01. The van der Waals surface area contributed by atoms with E-state index in [2.05, 4.69) is 4.74 Å². The third-order valence-electron chi connectivity index (χ3n) is 0.839. The molecule has 0 aromatic carbocycles. The van der Waals surface area contributed by atoms with Crippen LogP contribution in [0.4, 0.5) is 0 Å². The minimum absolute atomic E-state index is 0.101. The highest BCUT2D eigenvalue weighted by Gasteiger charge is 1.99. The minimum Gasteiger partial charge on any atom is -0.550 e. The highest BCUT2D eigenvalue weighted by molar-refractivity contribution is 5.75. The molecule has 0 unspecified atom stereocenters. The van der Waals surface area contributed by atoms with Crippen molar-refractivity contribution in [1.82, 2.24) is 0 Å². The van der Waals surface area contributed by atoms with Crippen molar-refractivity contribution in [3.8, 4) is 0 Å². The molecule has 0 heterocycles. The summed E-state index contributed by atoms with van der Waals surface area (Å²) in [4.78, 5) is 20.2. The summed E-state index contributed by atoms with van der Waals surface area (Å²) in [6.45, 7) is 1.95. The highest BCUT2D eigenvalue weighted by atomic mass is 16.5. The Morgan fingerprint density at radius 3 is 2.40 bits per heavy atom. The third-order valence-corrected chi connectivity index (χ3v) is 0.839. The molecule has 0 radical (unpaired) electrons. The molecule has 0 aliphatic carbocycles. The number of rotatable bonds is 4. The van der Waals surface area contributed by atoms with Crippen LogP contribution < -0.4 is 5.11 Å². The van der Waals surface area contributed by atoms with Crippen LogP contribution in [0.5, 0.6) is 0 Å².